The van der Waals surface area contributed by atoms with Crippen LogP contribution in [-0.4, -0.2) is 33.3 Å². The highest BCUT2D eigenvalue weighted by Crippen LogP contribution is 2.26. The predicted molar refractivity (Wildman–Crippen MR) is 75.8 cm³/mol. The summed E-state index contributed by atoms with van der Waals surface area (Å²) >= 11 is 0. The number of carbonyl (C=O) groups excluding carboxylic acids is 2. The Balaban J connectivity index is 2.27. The molecule has 1 aliphatic rings. The molecule has 0 saturated heterocycles. The van der Waals surface area contributed by atoms with Crippen molar-refractivity contribution >= 4 is 11.8 Å². The number of benzene rings is 1. The number of hydrogen-bond acceptors (Lipinski definition) is 4. The first-order chi connectivity index (χ1) is 10.0. The van der Waals surface area contributed by atoms with Crippen molar-refractivity contribution in [1.29, 1.82) is 0 Å². The van der Waals surface area contributed by atoms with E-state index in [2.05, 4.69) is 10.4 Å². The highest BCUT2D eigenvalue weighted by Gasteiger charge is 2.28. The van der Waals surface area contributed by atoms with Crippen molar-refractivity contribution in [3.63, 3.8) is 0 Å². The zero-order valence-corrected chi connectivity index (χ0v) is 11.8. The first kappa shape index (κ1) is 13.3. The van der Waals surface area contributed by atoms with Gasteiger partial charge in [-0.25, -0.2) is 10.8 Å². The Bertz CT molecular complexity index is 750. The van der Waals surface area contributed by atoms with Gasteiger partial charge in [0.1, 0.15) is 6.33 Å². The van der Waals surface area contributed by atoms with Crippen LogP contribution in [0.3, 0.4) is 0 Å². The molecule has 0 spiro atoms. The van der Waals surface area contributed by atoms with Gasteiger partial charge in [-0.3, -0.25) is 19.6 Å². The molecule has 2 heterocycles. The van der Waals surface area contributed by atoms with E-state index < -0.39 is 5.91 Å². The summed E-state index contributed by atoms with van der Waals surface area (Å²) in [5, 5.41) is 0. The quantitative estimate of drug-likeness (QED) is 0.450. The lowest BCUT2D eigenvalue weighted by molar-refractivity contribution is 0.0785. The third-order valence-electron chi connectivity index (χ3n) is 3.59. The molecular formula is C14H15N5O2. The maximum absolute atomic E-state index is 12.5. The number of fused-ring (bicyclic) bond motifs is 3. The lowest BCUT2D eigenvalue weighted by Gasteiger charge is -2.14. The van der Waals surface area contributed by atoms with Gasteiger partial charge >= 0.3 is 0 Å². The van der Waals surface area contributed by atoms with Gasteiger partial charge in [0, 0.05) is 7.05 Å². The van der Waals surface area contributed by atoms with Gasteiger partial charge in [-0.05, 0) is 19.1 Å². The minimum Gasteiger partial charge on any atom is -0.336 e. The van der Waals surface area contributed by atoms with Gasteiger partial charge in [0.2, 0.25) is 0 Å². The van der Waals surface area contributed by atoms with Gasteiger partial charge in [-0.15, -0.1) is 0 Å². The Labute approximate surface area is 121 Å². The molecule has 0 aliphatic carbocycles. The molecule has 2 aromatic rings. The van der Waals surface area contributed by atoms with Gasteiger partial charge in [0.15, 0.2) is 5.69 Å². The molecule has 0 saturated carbocycles. The zero-order valence-electron chi connectivity index (χ0n) is 11.8. The molecule has 1 aliphatic heterocycles. The van der Waals surface area contributed by atoms with Crippen LogP contribution in [0.2, 0.25) is 0 Å². The predicted octanol–water partition coefficient (Wildman–Crippen LogP) is 0.370. The van der Waals surface area contributed by atoms with E-state index >= 15 is 0 Å². The van der Waals surface area contributed by atoms with E-state index in [0.29, 0.717) is 16.9 Å². The van der Waals surface area contributed by atoms with E-state index in [4.69, 9.17) is 5.84 Å². The van der Waals surface area contributed by atoms with Gasteiger partial charge in [0.25, 0.3) is 11.8 Å². The Hall–Kier alpha value is -2.67. The molecule has 3 N–H and O–H groups in total. The molecule has 3 rings (SSSR count). The summed E-state index contributed by atoms with van der Waals surface area (Å²) in [5.74, 6) is 4.62. The van der Waals surface area contributed by atoms with Crippen molar-refractivity contribution in [2.45, 2.75) is 13.5 Å². The third kappa shape index (κ3) is 1.98. The summed E-state index contributed by atoms with van der Waals surface area (Å²) in [6.45, 7) is 2.22. The molecule has 2 amide bonds. The van der Waals surface area contributed by atoms with Crippen LogP contribution in [0.15, 0.2) is 24.5 Å². The Kier molecular flexibility index (Phi) is 2.99. The molecule has 7 nitrogen and oxygen atoms in total. The molecule has 21 heavy (non-hydrogen) atoms. The number of nitrogens with two attached hydrogens (primary N) is 1. The molecular weight excluding hydrogens is 270 g/mol. The number of carbonyl (C=O) groups is 2. The number of rotatable bonds is 1. The fraction of sp³-hybridized carbons (Fsp3) is 0.214. The standard InChI is InChI=1S/C14H15N5O2/c1-8-3-4-10-9(5-8)14(21)18(2)6-11-12(13(20)17-15)16-7-19(10)11/h3-5,7H,6,15H2,1-2H3,(H,17,20). The van der Waals surface area contributed by atoms with Gasteiger partial charge in [-0.1, -0.05) is 11.6 Å². The van der Waals surface area contributed by atoms with Crippen molar-refractivity contribution in [1.82, 2.24) is 19.9 Å². The number of hydrogen-bond donors (Lipinski definition) is 2. The minimum atomic E-state index is -0.472. The molecule has 0 radical (unpaired) electrons. The maximum atomic E-state index is 12.5. The summed E-state index contributed by atoms with van der Waals surface area (Å²) < 4.78 is 1.76. The number of nitrogens with one attached hydrogen (secondary N) is 1. The number of hydrazine groups is 1. The SMILES string of the molecule is Cc1ccc2c(c1)C(=O)N(C)Cc1c(C(=O)NN)ncn1-2. The van der Waals surface area contributed by atoms with Crippen molar-refractivity contribution in [3.05, 3.63) is 47.0 Å². The van der Waals surface area contributed by atoms with Crippen molar-refractivity contribution in [2.24, 2.45) is 5.84 Å². The Morgan fingerprint density at radius 2 is 2.19 bits per heavy atom. The fourth-order valence-corrected chi connectivity index (χ4v) is 2.52. The molecule has 0 unspecified atom stereocenters. The first-order valence-electron chi connectivity index (χ1n) is 6.46. The van der Waals surface area contributed by atoms with E-state index in [-0.39, 0.29) is 18.1 Å². The second kappa shape index (κ2) is 4.71. The van der Waals surface area contributed by atoms with Gasteiger partial charge < -0.3 is 4.90 Å². The normalized spacial score (nSPS) is 13.5. The number of nitrogen functional groups attached to an aromatic ring is 1. The van der Waals surface area contributed by atoms with Crippen LogP contribution in [0.4, 0.5) is 0 Å². The topological polar surface area (TPSA) is 93.2 Å². The van der Waals surface area contributed by atoms with Crippen LogP contribution in [0.25, 0.3) is 5.69 Å². The minimum absolute atomic E-state index is 0.0866. The number of aromatic nitrogens is 2. The molecule has 1 aromatic carbocycles. The average molecular weight is 285 g/mol. The second-order valence-corrected chi connectivity index (χ2v) is 5.07. The van der Waals surface area contributed by atoms with E-state index in [1.807, 2.05) is 25.1 Å². The number of amides is 2. The lowest BCUT2D eigenvalue weighted by Crippen LogP contribution is -2.32. The fourth-order valence-electron chi connectivity index (χ4n) is 2.52. The van der Waals surface area contributed by atoms with Gasteiger partial charge in [-0.2, -0.15) is 0 Å². The lowest BCUT2D eigenvalue weighted by atomic mass is 10.1. The third-order valence-corrected chi connectivity index (χ3v) is 3.59. The molecule has 0 atom stereocenters. The van der Waals surface area contributed by atoms with Crippen LogP contribution < -0.4 is 11.3 Å². The van der Waals surface area contributed by atoms with Gasteiger partial charge in [0.05, 0.1) is 23.5 Å². The van der Waals surface area contributed by atoms with Crippen LogP contribution in [0, 0.1) is 6.92 Å². The number of nitrogens with zero attached hydrogens (tertiary/aromatic N) is 3. The van der Waals surface area contributed by atoms with Crippen molar-refractivity contribution in [2.75, 3.05) is 7.05 Å². The molecule has 1 aromatic heterocycles. The van der Waals surface area contributed by atoms with Crippen LogP contribution >= 0.6 is 0 Å². The average Bonchev–Trinajstić information content (AvgIpc) is 2.85. The van der Waals surface area contributed by atoms with Crippen LogP contribution in [0.1, 0.15) is 32.1 Å². The van der Waals surface area contributed by atoms with E-state index in [9.17, 15) is 9.59 Å². The first-order valence-corrected chi connectivity index (χ1v) is 6.46. The van der Waals surface area contributed by atoms with E-state index in [1.54, 1.807) is 22.8 Å². The van der Waals surface area contributed by atoms with Crippen molar-refractivity contribution in [3.8, 4) is 5.69 Å². The monoisotopic (exact) mass is 285 g/mol. The van der Waals surface area contributed by atoms with Crippen molar-refractivity contribution < 1.29 is 9.59 Å². The summed E-state index contributed by atoms with van der Waals surface area (Å²) in [7, 11) is 1.70. The second-order valence-electron chi connectivity index (χ2n) is 5.07. The molecule has 7 heteroatoms. The maximum Gasteiger partial charge on any atom is 0.285 e. The number of aryl methyl sites for hydroxylation is 1. The summed E-state index contributed by atoms with van der Waals surface area (Å²) in [6, 6.07) is 5.62. The summed E-state index contributed by atoms with van der Waals surface area (Å²) in [4.78, 5) is 30.0. The Morgan fingerprint density at radius 1 is 1.43 bits per heavy atom. The van der Waals surface area contributed by atoms with Crippen LogP contribution in [-0.2, 0) is 6.54 Å². The smallest absolute Gasteiger partial charge is 0.285 e. The highest BCUT2D eigenvalue weighted by molar-refractivity contribution is 5.99. The highest BCUT2D eigenvalue weighted by atomic mass is 16.2. The summed E-state index contributed by atoms with van der Waals surface area (Å²) in [6.07, 6.45) is 1.54. The molecule has 108 valence electrons. The Morgan fingerprint density at radius 3 is 2.90 bits per heavy atom. The van der Waals surface area contributed by atoms with E-state index in [1.165, 1.54) is 0 Å². The molecule has 0 fully saturated rings. The number of imidazole rings is 1. The molecule has 0 bridgehead atoms. The largest absolute Gasteiger partial charge is 0.336 e. The summed E-state index contributed by atoms with van der Waals surface area (Å²) in [5.41, 5.74) is 5.25. The zero-order chi connectivity index (χ0) is 15.1. The van der Waals surface area contributed by atoms with E-state index in [0.717, 1.165) is 5.56 Å². The van der Waals surface area contributed by atoms with Crippen LogP contribution in [0.5, 0.6) is 0 Å².